The van der Waals surface area contributed by atoms with Crippen LogP contribution in [0.5, 0.6) is 0 Å². The van der Waals surface area contributed by atoms with Crippen LogP contribution in [-0.4, -0.2) is 43.7 Å². The van der Waals surface area contributed by atoms with Gasteiger partial charge in [-0.2, -0.15) is 0 Å². The van der Waals surface area contributed by atoms with Crippen molar-refractivity contribution in [3.8, 4) is 0 Å². The van der Waals surface area contributed by atoms with E-state index in [1.165, 1.54) is 0 Å². The Hall–Kier alpha value is -0.610. The SMILES string of the molecule is CNCN1CCCNC(C)C1=O. The zero-order valence-corrected chi connectivity index (χ0v) is 7.76. The van der Waals surface area contributed by atoms with E-state index in [2.05, 4.69) is 10.6 Å². The van der Waals surface area contributed by atoms with Crippen molar-refractivity contribution in [2.45, 2.75) is 19.4 Å². The summed E-state index contributed by atoms with van der Waals surface area (Å²) in [6, 6.07) is -0.0270. The summed E-state index contributed by atoms with van der Waals surface area (Å²) < 4.78 is 0. The standard InChI is InChI=1S/C8H17N3O/c1-7-8(12)11(6-9-2)5-3-4-10-7/h7,9-10H,3-6H2,1-2H3. The first-order valence-corrected chi connectivity index (χ1v) is 4.42. The van der Waals surface area contributed by atoms with E-state index in [-0.39, 0.29) is 11.9 Å². The van der Waals surface area contributed by atoms with E-state index >= 15 is 0 Å². The third kappa shape index (κ3) is 2.19. The first-order chi connectivity index (χ1) is 5.75. The molecule has 1 atom stereocenters. The minimum absolute atomic E-state index is 0.0270. The summed E-state index contributed by atoms with van der Waals surface area (Å²) in [4.78, 5) is 13.4. The summed E-state index contributed by atoms with van der Waals surface area (Å²) in [6.45, 7) is 4.37. The van der Waals surface area contributed by atoms with Crippen molar-refractivity contribution in [1.82, 2.24) is 15.5 Å². The van der Waals surface area contributed by atoms with E-state index in [9.17, 15) is 4.79 Å². The van der Waals surface area contributed by atoms with Gasteiger partial charge >= 0.3 is 0 Å². The van der Waals surface area contributed by atoms with Gasteiger partial charge in [0.15, 0.2) is 0 Å². The first kappa shape index (κ1) is 9.48. The van der Waals surface area contributed by atoms with Crippen LogP contribution in [0.4, 0.5) is 0 Å². The molecule has 0 spiro atoms. The molecule has 0 radical (unpaired) electrons. The molecule has 2 N–H and O–H groups in total. The van der Waals surface area contributed by atoms with Crippen LogP contribution >= 0.6 is 0 Å². The minimum atomic E-state index is -0.0270. The van der Waals surface area contributed by atoms with E-state index in [1.54, 1.807) is 0 Å². The predicted octanol–water partition coefficient (Wildman–Crippen LogP) is -0.626. The fourth-order valence-corrected chi connectivity index (χ4v) is 1.41. The molecule has 1 aliphatic rings. The highest BCUT2D eigenvalue weighted by Crippen LogP contribution is 2.00. The summed E-state index contributed by atoms with van der Waals surface area (Å²) in [7, 11) is 1.86. The molecule has 1 aliphatic heterocycles. The van der Waals surface area contributed by atoms with E-state index < -0.39 is 0 Å². The Morgan fingerprint density at radius 3 is 3.17 bits per heavy atom. The van der Waals surface area contributed by atoms with Crippen LogP contribution in [-0.2, 0) is 4.79 Å². The van der Waals surface area contributed by atoms with Crippen molar-refractivity contribution in [1.29, 1.82) is 0 Å². The fourth-order valence-electron chi connectivity index (χ4n) is 1.41. The lowest BCUT2D eigenvalue weighted by atomic mass is 10.3. The van der Waals surface area contributed by atoms with Crippen LogP contribution in [0.1, 0.15) is 13.3 Å². The zero-order valence-electron chi connectivity index (χ0n) is 7.76. The highest BCUT2D eigenvalue weighted by atomic mass is 16.2. The van der Waals surface area contributed by atoms with Gasteiger partial charge in [-0.25, -0.2) is 0 Å². The Kier molecular flexibility index (Phi) is 3.49. The summed E-state index contributed by atoms with van der Waals surface area (Å²) in [6.07, 6.45) is 1.04. The second-order valence-electron chi connectivity index (χ2n) is 3.14. The molecule has 0 saturated carbocycles. The highest BCUT2D eigenvalue weighted by molar-refractivity contribution is 5.81. The molecule has 12 heavy (non-hydrogen) atoms. The van der Waals surface area contributed by atoms with Gasteiger partial charge in [0, 0.05) is 6.54 Å². The molecule has 70 valence electrons. The molecule has 4 heteroatoms. The molecule has 0 bridgehead atoms. The Morgan fingerprint density at radius 2 is 2.50 bits per heavy atom. The molecule has 0 aromatic carbocycles. The Balaban J connectivity index is 2.52. The zero-order chi connectivity index (χ0) is 8.97. The molecule has 0 aliphatic carbocycles. The average molecular weight is 171 g/mol. The molecular formula is C8H17N3O. The van der Waals surface area contributed by atoms with Crippen molar-refractivity contribution in [3.63, 3.8) is 0 Å². The summed E-state index contributed by atoms with van der Waals surface area (Å²) in [5.74, 6) is 0.196. The minimum Gasteiger partial charge on any atom is -0.329 e. The normalized spacial score (nSPS) is 25.7. The fraction of sp³-hybridized carbons (Fsp3) is 0.875. The highest BCUT2D eigenvalue weighted by Gasteiger charge is 2.21. The van der Waals surface area contributed by atoms with Crippen LogP contribution in [0, 0.1) is 0 Å². The number of nitrogens with zero attached hydrogens (tertiary/aromatic N) is 1. The van der Waals surface area contributed by atoms with E-state index in [1.807, 2.05) is 18.9 Å². The van der Waals surface area contributed by atoms with Crippen molar-refractivity contribution in [3.05, 3.63) is 0 Å². The lowest BCUT2D eigenvalue weighted by molar-refractivity contribution is -0.132. The molecule has 1 saturated heterocycles. The molecule has 0 aromatic rings. The maximum atomic E-state index is 11.6. The summed E-state index contributed by atoms with van der Waals surface area (Å²) in [5.41, 5.74) is 0. The number of hydrogen-bond acceptors (Lipinski definition) is 3. The molecule has 4 nitrogen and oxygen atoms in total. The van der Waals surface area contributed by atoms with Gasteiger partial charge in [-0.3, -0.25) is 4.79 Å². The van der Waals surface area contributed by atoms with Crippen molar-refractivity contribution >= 4 is 5.91 Å². The van der Waals surface area contributed by atoms with Crippen LogP contribution in [0.3, 0.4) is 0 Å². The van der Waals surface area contributed by atoms with Gasteiger partial charge in [0.05, 0.1) is 12.7 Å². The lowest BCUT2D eigenvalue weighted by Gasteiger charge is -2.21. The Morgan fingerprint density at radius 1 is 1.75 bits per heavy atom. The maximum Gasteiger partial charge on any atom is 0.240 e. The third-order valence-corrected chi connectivity index (χ3v) is 2.09. The van der Waals surface area contributed by atoms with Gasteiger partial charge < -0.3 is 15.5 Å². The van der Waals surface area contributed by atoms with E-state index in [4.69, 9.17) is 0 Å². The molecule has 1 rings (SSSR count). The average Bonchev–Trinajstić information content (AvgIpc) is 2.20. The van der Waals surface area contributed by atoms with Gasteiger partial charge in [-0.1, -0.05) is 0 Å². The van der Waals surface area contributed by atoms with E-state index in [0.717, 1.165) is 19.5 Å². The molecule has 1 heterocycles. The number of carbonyl (C=O) groups excluding carboxylic acids is 1. The van der Waals surface area contributed by atoms with Crippen molar-refractivity contribution in [2.75, 3.05) is 26.8 Å². The summed E-state index contributed by atoms with van der Waals surface area (Å²) >= 11 is 0. The van der Waals surface area contributed by atoms with E-state index in [0.29, 0.717) is 6.67 Å². The number of carbonyl (C=O) groups is 1. The molecule has 0 aromatic heterocycles. The second-order valence-corrected chi connectivity index (χ2v) is 3.14. The second kappa shape index (κ2) is 4.42. The van der Waals surface area contributed by atoms with Crippen LogP contribution in [0.2, 0.25) is 0 Å². The topological polar surface area (TPSA) is 44.4 Å². The van der Waals surface area contributed by atoms with Gasteiger partial charge in [0.1, 0.15) is 0 Å². The van der Waals surface area contributed by atoms with Gasteiger partial charge in [0.2, 0.25) is 5.91 Å². The van der Waals surface area contributed by atoms with Crippen LogP contribution in [0.15, 0.2) is 0 Å². The molecule has 1 fully saturated rings. The van der Waals surface area contributed by atoms with Gasteiger partial charge in [-0.15, -0.1) is 0 Å². The monoisotopic (exact) mass is 171 g/mol. The lowest BCUT2D eigenvalue weighted by Crippen LogP contribution is -2.44. The largest absolute Gasteiger partial charge is 0.329 e. The number of hydrogen-bond donors (Lipinski definition) is 2. The summed E-state index contributed by atoms with van der Waals surface area (Å²) in [5, 5.41) is 6.16. The molecule has 1 amide bonds. The quantitative estimate of drug-likeness (QED) is 0.581. The number of nitrogens with one attached hydrogen (secondary N) is 2. The smallest absolute Gasteiger partial charge is 0.240 e. The Labute approximate surface area is 73.3 Å². The van der Waals surface area contributed by atoms with Crippen LogP contribution < -0.4 is 10.6 Å². The van der Waals surface area contributed by atoms with Crippen molar-refractivity contribution < 1.29 is 4.79 Å². The number of amides is 1. The first-order valence-electron chi connectivity index (χ1n) is 4.42. The molecule has 1 unspecified atom stereocenters. The maximum absolute atomic E-state index is 11.6. The molecular weight excluding hydrogens is 154 g/mol. The van der Waals surface area contributed by atoms with Crippen molar-refractivity contribution in [2.24, 2.45) is 0 Å². The van der Waals surface area contributed by atoms with Gasteiger partial charge in [-0.05, 0) is 26.9 Å². The third-order valence-electron chi connectivity index (χ3n) is 2.09. The van der Waals surface area contributed by atoms with Crippen LogP contribution in [0.25, 0.3) is 0 Å². The Bertz CT molecular complexity index is 160. The predicted molar refractivity (Wildman–Crippen MR) is 47.7 cm³/mol. The number of rotatable bonds is 2. The van der Waals surface area contributed by atoms with Gasteiger partial charge in [0.25, 0.3) is 0 Å².